The Kier molecular flexibility index (Phi) is 3.55. The predicted octanol–water partition coefficient (Wildman–Crippen LogP) is 3.57. The maximum absolute atomic E-state index is 12.8. The largest absolute Gasteiger partial charge is 0.282 e. The van der Waals surface area contributed by atoms with Crippen LogP contribution in [0.15, 0.2) is 29.1 Å². The lowest BCUT2D eigenvalue weighted by atomic mass is 10.0. The molecule has 1 aromatic carbocycles. The highest BCUT2D eigenvalue weighted by molar-refractivity contribution is 7.19. The van der Waals surface area contributed by atoms with Crippen molar-refractivity contribution in [1.82, 2.24) is 9.55 Å². The first kappa shape index (κ1) is 14.5. The van der Waals surface area contributed by atoms with Crippen LogP contribution < -0.4 is 5.56 Å². The summed E-state index contributed by atoms with van der Waals surface area (Å²) in [6, 6.07) is 10.2. The van der Waals surface area contributed by atoms with E-state index in [1.54, 1.807) is 6.92 Å². The third-order valence-corrected chi connectivity index (χ3v) is 4.75. The summed E-state index contributed by atoms with van der Waals surface area (Å²) in [6.45, 7) is 5.83. The van der Waals surface area contributed by atoms with Crippen LogP contribution in [0.1, 0.15) is 16.3 Å². The number of fused-ring (bicyclic) bond motifs is 1. The van der Waals surface area contributed by atoms with E-state index < -0.39 is 0 Å². The van der Waals surface area contributed by atoms with Gasteiger partial charge in [0.15, 0.2) is 0 Å². The van der Waals surface area contributed by atoms with E-state index >= 15 is 0 Å². The molecule has 0 fully saturated rings. The third-order valence-electron chi connectivity index (χ3n) is 3.75. The summed E-state index contributed by atoms with van der Waals surface area (Å²) in [4.78, 5) is 19.1. The Bertz CT molecular complexity index is 959. The Morgan fingerprint density at radius 1 is 1.23 bits per heavy atom. The second-order valence-electron chi connectivity index (χ2n) is 5.29. The zero-order valence-electron chi connectivity index (χ0n) is 12.7. The van der Waals surface area contributed by atoms with Gasteiger partial charge in [0, 0.05) is 10.4 Å². The van der Waals surface area contributed by atoms with Crippen LogP contribution in [-0.4, -0.2) is 9.55 Å². The monoisotopic (exact) mass is 309 g/mol. The van der Waals surface area contributed by atoms with E-state index in [1.165, 1.54) is 21.5 Å². The Balaban J connectivity index is 2.38. The van der Waals surface area contributed by atoms with E-state index in [9.17, 15) is 4.79 Å². The molecule has 2 aromatic heterocycles. The summed E-state index contributed by atoms with van der Waals surface area (Å²) in [7, 11) is 0. The molecular weight excluding hydrogens is 294 g/mol. The van der Waals surface area contributed by atoms with Crippen molar-refractivity contribution >= 4 is 21.6 Å². The molecule has 0 spiro atoms. The van der Waals surface area contributed by atoms with Gasteiger partial charge in [0.05, 0.1) is 11.5 Å². The minimum Gasteiger partial charge on any atom is -0.282 e. The van der Waals surface area contributed by atoms with E-state index in [1.807, 2.05) is 44.2 Å². The van der Waals surface area contributed by atoms with Gasteiger partial charge in [-0.05, 0) is 26.3 Å². The molecule has 0 aliphatic heterocycles. The average Bonchev–Trinajstić information content (AvgIpc) is 2.80. The number of hydrogen-bond donors (Lipinski definition) is 0. The number of rotatable bonds is 2. The van der Waals surface area contributed by atoms with E-state index in [-0.39, 0.29) is 12.1 Å². The molecule has 0 saturated carbocycles. The number of nitriles is 1. The maximum atomic E-state index is 12.8. The summed E-state index contributed by atoms with van der Waals surface area (Å²) < 4.78 is 1.44. The lowest BCUT2D eigenvalue weighted by Crippen LogP contribution is -2.23. The van der Waals surface area contributed by atoms with E-state index in [4.69, 9.17) is 5.26 Å². The summed E-state index contributed by atoms with van der Waals surface area (Å²) in [5, 5.41) is 9.55. The molecule has 3 aromatic rings. The molecule has 2 heterocycles. The minimum atomic E-state index is -0.135. The van der Waals surface area contributed by atoms with E-state index in [0.29, 0.717) is 11.2 Å². The Morgan fingerprint density at radius 2 is 1.91 bits per heavy atom. The highest BCUT2D eigenvalue weighted by atomic mass is 32.1. The van der Waals surface area contributed by atoms with Crippen LogP contribution >= 0.6 is 11.3 Å². The van der Waals surface area contributed by atoms with Gasteiger partial charge in [-0.15, -0.1) is 11.3 Å². The second-order valence-corrected chi connectivity index (χ2v) is 6.49. The molecule has 0 aliphatic rings. The number of aromatic nitrogens is 2. The second kappa shape index (κ2) is 5.39. The number of nitrogens with zero attached hydrogens (tertiary/aromatic N) is 3. The van der Waals surface area contributed by atoms with Crippen LogP contribution in [0.5, 0.6) is 0 Å². The summed E-state index contributed by atoms with van der Waals surface area (Å²) >= 11 is 1.53. The molecule has 22 heavy (non-hydrogen) atoms. The van der Waals surface area contributed by atoms with E-state index in [0.717, 1.165) is 20.8 Å². The van der Waals surface area contributed by atoms with Crippen LogP contribution in [0.2, 0.25) is 0 Å². The Hall–Kier alpha value is -2.45. The standard InChI is InChI=1S/C17H15N3OS/c1-10-4-6-13(7-5-10)14-11(2)22-16-15(14)17(21)20(9-8-18)12(3)19-16/h4-7H,9H2,1-3H3. The van der Waals surface area contributed by atoms with Crippen LogP contribution in [-0.2, 0) is 6.54 Å². The molecule has 0 N–H and O–H groups in total. The third kappa shape index (κ3) is 2.22. The number of aryl methyl sites for hydroxylation is 3. The number of thiophene rings is 1. The van der Waals surface area contributed by atoms with Crippen LogP contribution in [0, 0.1) is 32.1 Å². The number of hydrogen-bond acceptors (Lipinski definition) is 4. The number of benzene rings is 1. The molecule has 0 aliphatic carbocycles. The molecule has 4 nitrogen and oxygen atoms in total. The molecule has 0 unspecified atom stereocenters. The normalized spacial score (nSPS) is 10.8. The maximum Gasteiger partial charge on any atom is 0.263 e. The predicted molar refractivity (Wildman–Crippen MR) is 89.1 cm³/mol. The molecule has 0 bridgehead atoms. The lowest BCUT2D eigenvalue weighted by molar-refractivity contribution is 0.737. The molecule has 0 atom stereocenters. The van der Waals surface area contributed by atoms with Crippen molar-refractivity contribution in [2.24, 2.45) is 0 Å². The van der Waals surface area contributed by atoms with Crippen LogP contribution in [0.25, 0.3) is 21.3 Å². The van der Waals surface area contributed by atoms with Gasteiger partial charge in [-0.25, -0.2) is 4.98 Å². The highest BCUT2D eigenvalue weighted by Crippen LogP contribution is 2.35. The Morgan fingerprint density at radius 3 is 2.55 bits per heavy atom. The average molecular weight is 309 g/mol. The minimum absolute atomic E-state index is 0.0236. The molecule has 5 heteroatoms. The van der Waals surface area contributed by atoms with Gasteiger partial charge in [-0.1, -0.05) is 29.8 Å². The van der Waals surface area contributed by atoms with Crippen molar-refractivity contribution in [2.75, 3.05) is 0 Å². The quantitative estimate of drug-likeness (QED) is 0.727. The molecule has 0 radical (unpaired) electrons. The van der Waals surface area contributed by atoms with Crippen molar-refractivity contribution in [2.45, 2.75) is 27.3 Å². The molecule has 0 amide bonds. The molecule has 0 saturated heterocycles. The van der Waals surface area contributed by atoms with Gasteiger partial charge in [-0.3, -0.25) is 9.36 Å². The zero-order valence-corrected chi connectivity index (χ0v) is 13.5. The summed E-state index contributed by atoms with van der Waals surface area (Å²) in [5.74, 6) is 0.579. The Labute approximate surface area is 132 Å². The van der Waals surface area contributed by atoms with Crippen molar-refractivity contribution < 1.29 is 0 Å². The SMILES string of the molecule is Cc1ccc(-c2c(C)sc3nc(C)n(CC#N)c(=O)c23)cc1. The summed E-state index contributed by atoms with van der Waals surface area (Å²) in [6.07, 6.45) is 0. The van der Waals surface area contributed by atoms with Crippen molar-refractivity contribution in [3.63, 3.8) is 0 Å². The van der Waals surface area contributed by atoms with Gasteiger partial charge in [0.2, 0.25) is 0 Å². The molecule has 110 valence electrons. The van der Waals surface area contributed by atoms with E-state index in [2.05, 4.69) is 4.98 Å². The van der Waals surface area contributed by atoms with Gasteiger partial charge < -0.3 is 0 Å². The van der Waals surface area contributed by atoms with Crippen molar-refractivity contribution in [3.8, 4) is 17.2 Å². The van der Waals surface area contributed by atoms with Crippen LogP contribution in [0.3, 0.4) is 0 Å². The van der Waals surface area contributed by atoms with Gasteiger partial charge >= 0.3 is 0 Å². The summed E-state index contributed by atoms with van der Waals surface area (Å²) in [5.41, 5.74) is 2.99. The van der Waals surface area contributed by atoms with Crippen LogP contribution in [0.4, 0.5) is 0 Å². The fourth-order valence-corrected chi connectivity index (χ4v) is 3.70. The topological polar surface area (TPSA) is 58.7 Å². The van der Waals surface area contributed by atoms with Crippen molar-refractivity contribution in [1.29, 1.82) is 5.26 Å². The molecule has 3 rings (SSSR count). The first-order valence-corrected chi connectivity index (χ1v) is 7.79. The fraction of sp³-hybridized carbons (Fsp3) is 0.235. The zero-order chi connectivity index (χ0) is 15.9. The first-order chi connectivity index (χ1) is 10.5. The highest BCUT2D eigenvalue weighted by Gasteiger charge is 2.18. The van der Waals surface area contributed by atoms with Crippen molar-refractivity contribution in [3.05, 3.63) is 50.9 Å². The smallest absolute Gasteiger partial charge is 0.263 e. The fourth-order valence-electron chi connectivity index (χ4n) is 2.62. The first-order valence-electron chi connectivity index (χ1n) is 6.97. The van der Waals surface area contributed by atoms with Gasteiger partial charge in [-0.2, -0.15) is 5.26 Å². The lowest BCUT2D eigenvalue weighted by Gasteiger charge is -2.06. The van der Waals surface area contributed by atoms with Gasteiger partial charge in [0.1, 0.15) is 17.2 Å². The molecular formula is C17H15N3OS. The van der Waals surface area contributed by atoms with Gasteiger partial charge in [0.25, 0.3) is 5.56 Å².